The Morgan fingerprint density at radius 3 is 2.50 bits per heavy atom. The smallest absolute Gasteiger partial charge is 0.234 e. The molecule has 0 saturated heterocycles. The lowest BCUT2D eigenvalue weighted by molar-refractivity contribution is 0.303. The monoisotopic (exact) mass is 535 g/mol. The standard InChI is InChI=1S/C31H38FN3O2S/c1-23(25-11-6-3-7-12-25)34-38(36,37)22-21-30-29-14-8-13-26(16-15-24-9-4-2-5-10-24)31(29)35(33-30)28-19-17-27(32)18-20-28/h2,4-5,9-10,17-23,25-26,34H,3,6-8,11-16H2,1H3. The molecule has 0 bridgehead atoms. The van der Waals surface area contributed by atoms with Crippen LogP contribution in [-0.4, -0.2) is 24.2 Å². The molecule has 5 rings (SSSR count). The molecule has 3 aromatic rings. The van der Waals surface area contributed by atoms with Crippen molar-refractivity contribution in [3.8, 4) is 5.69 Å². The van der Waals surface area contributed by atoms with Crippen LogP contribution in [0.1, 0.15) is 86.7 Å². The fourth-order valence-electron chi connectivity index (χ4n) is 6.18. The molecule has 0 amide bonds. The van der Waals surface area contributed by atoms with Crippen LogP contribution in [0, 0.1) is 11.7 Å². The Kier molecular flexibility index (Phi) is 8.44. The van der Waals surface area contributed by atoms with Gasteiger partial charge in [-0.25, -0.2) is 22.2 Å². The highest BCUT2D eigenvalue weighted by molar-refractivity contribution is 7.92. The van der Waals surface area contributed by atoms with Crippen LogP contribution in [0.15, 0.2) is 60.0 Å². The van der Waals surface area contributed by atoms with Crippen molar-refractivity contribution in [3.63, 3.8) is 0 Å². The summed E-state index contributed by atoms with van der Waals surface area (Å²) in [7, 11) is -3.61. The highest BCUT2D eigenvalue weighted by atomic mass is 32.2. The van der Waals surface area contributed by atoms with Crippen LogP contribution < -0.4 is 4.72 Å². The van der Waals surface area contributed by atoms with Crippen LogP contribution in [0.4, 0.5) is 4.39 Å². The van der Waals surface area contributed by atoms with Crippen molar-refractivity contribution in [2.24, 2.45) is 5.92 Å². The van der Waals surface area contributed by atoms with Crippen molar-refractivity contribution in [1.82, 2.24) is 14.5 Å². The normalized spacial score (nSPS) is 19.5. The van der Waals surface area contributed by atoms with E-state index in [4.69, 9.17) is 5.10 Å². The zero-order chi connectivity index (χ0) is 26.5. The maximum absolute atomic E-state index is 13.7. The van der Waals surface area contributed by atoms with E-state index in [0.717, 1.165) is 61.9 Å². The Hall–Kier alpha value is -2.77. The molecule has 0 aliphatic heterocycles. The number of aromatic nitrogens is 2. The van der Waals surface area contributed by atoms with E-state index in [1.165, 1.54) is 42.4 Å². The van der Waals surface area contributed by atoms with Gasteiger partial charge in [-0.05, 0) is 93.7 Å². The van der Waals surface area contributed by atoms with Crippen LogP contribution in [0.5, 0.6) is 0 Å². The number of nitrogens with one attached hydrogen (secondary N) is 1. The SMILES string of the molecule is CC(NS(=O)(=O)C=Cc1nn(-c2ccc(F)cc2)c2c1CCCC2CCc1ccccc1)C1CCCCC1. The molecule has 0 spiro atoms. The molecular formula is C31H38FN3O2S. The van der Waals surface area contributed by atoms with Crippen LogP contribution in [-0.2, 0) is 22.9 Å². The molecule has 0 radical (unpaired) electrons. The Morgan fingerprint density at radius 1 is 1.03 bits per heavy atom. The Labute approximate surface area is 226 Å². The van der Waals surface area contributed by atoms with Crippen LogP contribution in [0.3, 0.4) is 0 Å². The van der Waals surface area contributed by atoms with Gasteiger partial charge in [0.2, 0.25) is 10.0 Å². The second-order valence-electron chi connectivity index (χ2n) is 10.9. The van der Waals surface area contributed by atoms with Gasteiger partial charge in [-0.15, -0.1) is 0 Å². The Bertz CT molecular complexity index is 1340. The minimum atomic E-state index is -3.61. The van der Waals surface area contributed by atoms with Gasteiger partial charge in [0.25, 0.3) is 0 Å². The first-order valence-corrected chi connectivity index (χ1v) is 15.6. The van der Waals surface area contributed by atoms with Gasteiger partial charge < -0.3 is 0 Å². The number of benzene rings is 2. The zero-order valence-corrected chi connectivity index (χ0v) is 23.0. The van der Waals surface area contributed by atoms with Crippen LogP contribution >= 0.6 is 0 Å². The molecule has 1 heterocycles. The van der Waals surface area contributed by atoms with E-state index in [9.17, 15) is 12.8 Å². The lowest BCUT2D eigenvalue weighted by Crippen LogP contribution is -2.37. The largest absolute Gasteiger partial charge is 0.237 e. The van der Waals surface area contributed by atoms with E-state index in [1.54, 1.807) is 18.2 Å². The first kappa shape index (κ1) is 26.8. The van der Waals surface area contributed by atoms with Crippen molar-refractivity contribution < 1.29 is 12.8 Å². The average molecular weight is 536 g/mol. The summed E-state index contributed by atoms with van der Waals surface area (Å²) < 4.78 is 44.5. The number of aryl methyl sites for hydroxylation is 1. The number of rotatable bonds is 9. The molecular weight excluding hydrogens is 497 g/mol. The van der Waals surface area contributed by atoms with Gasteiger partial charge in [-0.2, -0.15) is 5.10 Å². The van der Waals surface area contributed by atoms with E-state index in [-0.39, 0.29) is 11.9 Å². The van der Waals surface area contributed by atoms with Crippen LogP contribution in [0.25, 0.3) is 11.8 Å². The third kappa shape index (κ3) is 6.44. The van der Waals surface area contributed by atoms with Gasteiger partial charge in [0, 0.05) is 22.9 Å². The molecule has 2 aliphatic carbocycles. The summed E-state index contributed by atoms with van der Waals surface area (Å²) in [4.78, 5) is 0. The number of halogens is 1. The molecule has 7 heteroatoms. The average Bonchev–Trinajstić information content (AvgIpc) is 3.31. The minimum absolute atomic E-state index is 0.0852. The molecule has 38 heavy (non-hydrogen) atoms. The molecule has 2 atom stereocenters. The summed E-state index contributed by atoms with van der Waals surface area (Å²) >= 11 is 0. The van der Waals surface area contributed by atoms with E-state index < -0.39 is 10.0 Å². The maximum atomic E-state index is 13.7. The van der Waals surface area contributed by atoms with E-state index in [1.807, 2.05) is 17.7 Å². The van der Waals surface area contributed by atoms with Crippen molar-refractivity contribution in [3.05, 3.63) is 88.3 Å². The second-order valence-corrected chi connectivity index (χ2v) is 12.5. The topological polar surface area (TPSA) is 64.0 Å². The quantitative estimate of drug-likeness (QED) is 0.323. The van der Waals surface area contributed by atoms with Gasteiger partial charge in [0.1, 0.15) is 5.82 Å². The summed E-state index contributed by atoms with van der Waals surface area (Å²) in [5.41, 5.74) is 5.01. The molecule has 1 N–H and O–H groups in total. The Balaban J connectivity index is 1.42. The molecule has 202 valence electrons. The minimum Gasteiger partial charge on any atom is -0.237 e. The van der Waals surface area contributed by atoms with Gasteiger partial charge in [-0.1, -0.05) is 49.6 Å². The first-order valence-electron chi connectivity index (χ1n) is 14.0. The molecule has 5 nitrogen and oxygen atoms in total. The number of hydrogen-bond acceptors (Lipinski definition) is 3. The highest BCUT2D eigenvalue weighted by Crippen LogP contribution is 2.38. The molecule has 1 fully saturated rings. The third-order valence-corrected chi connectivity index (χ3v) is 9.42. The highest BCUT2D eigenvalue weighted by Gasteiger charge is 2.29. The summed E-state index contributed by atoms with van der Waals surface area (Å²) in [5, 5.41) is 6.16. The van der Waals surface area contributed by atoms with Gasteiger partial charge in [-0.3, -0.25) is 0 Å². The Morgan fingerprint density at radius 2 is 1.76 bits per heavy atom. The summed E-state index contributed by atoms with van der Waals surface area (Å²) in [6.45, 7) is 1.98. The van der Waals surface area contributed by atoms with Gasteiger partial charge in [0.05, 0.1) is 17.1 Å². The number of nitrogens with zero attached hydrogens (tertiary/aromatic N) is 2. The third-order valence-electron chi connectivity index (χ3n) is 8.23. The van der Waals surface area contributed by atoms with E-state index in [2.05, 4.69) is 29.0 Å². The summed E-state index contributed by atoms with van der Waals surface area (Å²) in [6, 6.07) is 16.8. The number of hydrogen-bond donors (Lipinski definition) is 1. The molecule has 1 aromatic heterocycles. The second kappa shape index (κ2) is 12.0. The summed E-state index contributed by atoms with van der Waals surface area (Å²) in [5.74, 6) is 0.391. The molecule has 2 aliphatic rings. The fraction of sp³-hybridized carbons (Fsp3) is 0.452. The fourth-order valence-corrected chi connectivity index (χ4v) is 7.28. The van der Waals surface area contributed by atoms with Crippen molar-refractivity contribution in [2.75, 3.05) is 0 Å². The van der Waals surface area contributed by atoms with Crippen molar-refractivity contribution in [1.29, 1.82) is 0 Å². The predicted octanol–water partition coefficient (Wildman–Crippen LogP) is 6.92. The van der Waals surface area contributed by atoms with Crippen molar-refractivity contribution in [2.45, 2.75) is 83.1 Å². The lowest BCUT2D eigenvalue weighted by atomic mass is 9.83. The maximum Gasteiger partial charge on any atom is 0.234 e. The van der Waals surface area contributed by atoms with Gasteiger partial charge >= 0.3 is 0 Å². The number of fused-ring (bicyclic) bond motifs is 1. The first-order chi connectivity index (χ1) is 18.4. The van der Waals surface area contributed by atoms with E-state index in [0.29, 0.717) is 17.5 Å². The lowest BCUT2D eigenvalue weighted by Gasteiger charge is -2.27. The molecule has 1 saturated carbocycles. The van der Waals surface area contributed by atoms with Crippen molar-refractivity contribution >= 4 is 16.1 Å². The van der Waals surface area contributed by atoms with Gasteiger partial charge in [0.15, 0.2) is 0 Å². The predicted molar refractivity (Wildman–Crippen MR) is 151 cm³/mol. The molecule has 2 unspecified atom stereocenters. The molecule has 2 aromatic carbocycles. The number of sulfonamides is 1. The van der Waals surface area contributed by atoms with Crippen LogP contribution in [0.2, 0.25) is 0 Å². The summed E-state index contributed by atoms with van der Waals surface area (Å²) in [6.07, 6.45) is 12.3. The van der Waals surface area contributed by atoms with E-state index >= 15 is 0 Å². The zero-order valence-electron chi connectivity index (χ0n) is 22.2.